The summed E-state index contributed by atoms with van der Waals surface area (Å²) in [5, 5.41) is 2.72. The summed E-state index contributed by atoms with van der Waals surface area (Å²) in [6.07, 6.45) is 9.21. The van der Waals surface area contributed by atoms with Crippen LogP contribution in [0.3, 0.4) is 0 Å². The molecule has 1 fully saturated rings. The molecule has 7 nitrogen and oxygen atoms in total. The van der Waals surface area contributed by atoms with Crippen molar-refractivity contribution in [1.29, 1.82) is 0 Å². The van der Waals surface area contributed by atoms with Gasteiger partial charge in [0.05, 0.1) is 6.20 Å². The highest BCUT2D eigenvalue weighted by Crippen LogP contribution is 2.24. The molecule has 0 saturated carbocycles. The van der Waals surface area contributed by atoms with Crippen LogP contribution in [-0.2, 0) is 11.3 Å². The van der Waals surface area contributed by atoms with Gasteiger partial charge in [0.2, 0.25) is 5.76 Å². The first-order chi connectivity index (χ1) is 10.3. The predicted molar refractivity (Wildman–Crippen MR) is 72.2 cm³/mol. The van der Waals surface area contributed by atoms with Gasteiger partial charge < -0.3 is 14.5 Å². The number of nitrogens with zero attached hydrogens (tertiary/aromatic N) is 3. The molecule has 0 aromatic carbocycles. The summed E-state index contributed by atoms with van der Waals surface area (Å²) in [7, 11) is 0. The Morgan fingerprint density at radius 2 is 2.14 bits per heavy atom. The molecule has 7 heteroatoms. The van der Waals surface area contributed by atoms with Gasteiger partial charge in [-0.05, 0) is 19.3 Å². The molecule has 1 N–H and O–H groups in total. The highest BCUT2D eigenvalue weighted by atomic mass is 16.5. The number of rotatable bonds is 4. The zero-order chi connectivity index (χ0) is 14.5. The normalized spacial score (nSPS) is 18.4. The Morgan fingerprint density at radius 1 is 1.29 bits per heavy atom. The molecule has 21 heavy (non-hydrogen) atoms. The minimum Gasteiger partial charge on any atom is -0.438 e. The third-order valence-corrected chi connectivity index (χ3v) is 3.30. The Labute approximate surface area is 121 Å². The fraction of sp³-hybridized carbons (Fsp3) is 0.429. The summed E-state index contributed by atoms with van der Waals surface area (Å²) in [5.41, 5.74) is 0.822. The van der Waals surface area contributed by atoms with Gasteiger partial charge in [0, 0.05) is 31.1 Å². The van der Waals surface area contributed by atoms with Crippen LogP contribution in [0.4, 0.5) is 0 Å². The second-order valence-electron chi connectivity index (χ2n) is 4.85. The fourth-order valence-electron chi connectivity index (χ4n) is 2.16. The number of amides is 1. The SMILES string of the molecule is O=C(NCc1cnc([C@H]2CCCCO2)nc1)c1cnco1. The number of carbonyl (C=O) groups is 1. The highest BCUT2D eigenvalue weighted by Gasteiger charge is 2.18. The summed E-state index contributed by atoms with van der Waals surface area (Å²) in [6, 6.07) is 0. The largest absolute Gasteiger partial charge is 0.438 e. The molecule has 0 aliphatic carbocycles. The standard InChI is InChI=1S/C14H16N4O3/c19-14(12-8-15-9-21-12)18-7-10-5-16-13(17-6-10)11-3-1-2-4-20-11/h5-6,8-9,11H,1-4,7H2,(H,18,19)/t11-/m1/s1. The number of aromatic nitrogens is 3. The van der Waals surface area contributed by atoms with Crippen LogP contribution in [0, 0.1) is 0 Å². The molecular formula is C14H16N4O3. The van der Waals surface area contributed by atoms with Crippen molar-refractivity contribution in [3.05, 3.63) is 42.1 Å². The lowest BCUT2D eigenvalue weighted by atomic mass is 10.1. The smallest absolute Gasteiger partial charge is 0.288 e. The van der Waals surface area contributed by atoms with E-state index >= 15 is 0 Å². The van der Waals surface area contributed by atoms with Crippen LogP contribution in [-0.4, -0.2) is 27.5 Å². The monoisotopic (exact) mass is 288 g/mol. The Balaban J connectivity index is 1.55. The van der Waals surface area contributed by atoms with E-state index in [1.165, 1.54) is 12.6 Å². The van der Waals surface area contributed by atoms with Gasteiger partial charge >= 0.3 is 0 Å². The van der Waals surface area contributed by atoms with Crippen molar-refractivity contribution < 1.29 is 13.9 Å². The van der Waals surface area contributed by atoms with E-state index in [4.69, 9.17) is 9.15 Å². The van der Waals surface area contributed by atoms with E-state index in [0.717, 1.165) is 31.4 Å². The molecule has 0 unspecified atom stereocenters. The van der Waals surface area contributed by atoms with Crippen LogP contribution in [0.2, 0.25) is 0 Å². The Morgan fingerprint density at radius 3 is 2.81 bits per heavy atom. The van der Waals surface area contributed by atoms with E-state index in [9.17, 15) is 4.79 Å². The van der Waals surface area contributed by atoms with E-state index in [0.29, 0.717) is 12.4 Å². The number of hydrogen-bond acceptors (Lipinski definition) is 6. The number of hydrogen-bond donors (Lipinski definition) is 1. The van der Waals surface area contributed by atoms with Gasteiger partial charge in [-0.1, -0.05) is 0 Å². The van der Waals surface area contributed by atoms with Gasteiger partial charge in [0.25, 0.3) is 5.91 Å². The lowest BCUT2D eigenvalue weighted by molar-refractivity contribution is 0.00940. The van der Waals surface area contributed by atoms with Crippen molar-refractivity contribution in [3.8, 4) is 0 Å². The molecule has 0 radical (unpaired) electrons. The Kier molecular flexibility index (Phi) is 4.20. The number of carbonyl (C=O) groups excluding carboxylic acids is 1. The molecule has 1 saturated heterocycles. The molecular weight excluding hydrogens is 272 g/mol. The van der Waals surface area contributed by atoms with Crippen molar-refractivity contribution >= 4 is 5.91 Å². The molecule has 2 aromatic heterocycles. The fourth-order valence-corrected chi connectivity index (χ4v) is 2.16. The number of ether oxygens (including phenoxy) is 1. The van der Waals surface area contributed by atoms with Crippen LogP contribution in [0.25, 0.3) is 0 Å². The van der Waals surface area contributed by atoms with Crippen LogP contribution in [0.1, 0.15) is 47.3 Å². The Bertz CT molecular complexity index is 577. The topological polar surface area (TPSA) is 90.1 Å². The molecule has 1 atom stereocenters. The van der Waals surface area contributed by atoms with Crippen molar-refractivity contribution in [2.45, 2.75) is 31.9 Å². The third kappa shape index (κ3) is 3.43. The maximum Gasteiger partial charge on any atom is 0.288 e. The van der Waals surface area contributed by atoms with E-state index in [2.05, 4.69) is 20.3 Å². The molecule has 1 amide bonds. The summed E-state index contributed by atoms with van der Waals surface area (Å²) < 4.78 is 10.5. The first-order valence-corrected chi connectivity index (χ1v) is 6.92. The van der Waals surface area contributed by atoms with E-state index < -0.39 is 0 Å². The minimum absolute atomic E-state index is 0.00316. The van der Waals surface area contributed by atoms with Crippen molar-refractivity contribution in [1.82, 2.24) is 20.3 Å². The highest BCUT2D eigenvalue weighted by molar-refractivity contribution is 5.90. The van der Waals surface area contributed by atoms with Crippen LogP contribution < -0.4 is 5.32 Å². The number of oxazole rings is 1. The zero-order valence-corrected chi connectivity index (χ0v) is 11.5. The summed E-state index contributed by atoms with van der Waals surface area (Å²) >= 11 is 0. The third-order valence-electron chi connectivity index (χ3n) is 3.30. The van der Waals surface area contributed by atoms with Crippen molar-refractivity contribution in [3.63, 3.8) is 0 Å². The molecule has 0 spiro atoms. The van der Waals surface area contributed by atoms with Gasteiger partial charge in [-0.2, -0.15) is 0 Å². The van der Waals surface area contributed by atoms with Crippen molar-refractivity contribution in [2.75, 3.05) is 6.61 Å². The summed E-state index contributed by atoms with van der Waals surface area (Å²) in [5.74, 6) is 0.579. The van der Waals surface area contributed by atoms with Crippen LogP contribution in [0.15, 0.2) is 29.4 Å². The molecule has 3 rings (SSSR count). The van der Waals surface area contributed by atoms with E-state index in [1.54, 1.807) is 12.4 Å². The van der Waals surface area contributed by atoms with Crippen LogP contribution >= 0.6 is 0 Å². The van der Waals surface area contributed by atoms with Gasteiger partial charge in [0.1, 0.15) is 6.10 Å². The molecule has 110 valence electrons. The summed E-state index contributed by atoms with van der Waals surface area (Å²) in [4.78, 5) is 24.0. The van der Waals surface area contributed by atoms with Gasteiger partial charge in [0.15, 0.2) is 12.2 Å². The maximum absolute atomic E-state index is 11.7. The lowest BCUT2D eigenvalue weighted by Gasteiger charge is -2.21. The predicted octanol–water partition coefficient (Wildman–Crippen LogP) is 1.64. The molecule has 0 bridgehead atoms. The molecule has 1 aliphatic rings. The van der Waals surface area contributed by atoms with Crippen molar-refractivity contribution in [2.24, 2.45) is 0 Å². The first kappa shape index (κ1) is 13.7. The first-order valence-electron chi connectivity index (χ1n) is 6.92. The lowest BCUT2D eigenvalue weighted by Crippen LogP contribution is -2.22. The van der Waals surface area contributed by atoms with E-state index in [1.807, 2.05) is 0 Å². The average Bonchev–Trinajstić information content (AvgIpc) is 3.08. The average molecular weight is 288 g/mol. The number of nitrogens with one attached hydrogen (secondary N) is 1. The summed E-state index contributed by atoms with van der Waals surface area (Å²) in [6.45, 7) is 1.11. The minimum atomic E-state index is -0.313. The second kappa shape index (κ2) is 6.45. The molecule has 1 aliphatic heterocycles. The van der Waals surface area contributed by atoms with Gasteiger partial charge in [-0.3, -0.25) is 4.79 Å². The zero-order valence-electron chi connectivity index (χ0n) is 11.5. The van der Waals surface area contributed by atoms with Gasteiger partial charge in [-0.25, -0.2) is 15.0 Å². The van der Waals surface area contributed by atoms with E-state index in [-0.39, 0.29) is 17.8 Å². The quantitative estimate of drug-likeness (QED) is 0.919. The Hall–Kier alpha value is -2.28. The molecule has 2 aromatic rings. The van der Waals surface area contributed by atoms with Gasteiger partial charge in [-0.15, -0.1) is 0 Å². The maximum atomic E-state index is 11.7. The van der Waals surface area contributed by atoms with Crippen LogP contribution in [0.5, 0.6) is 0 Å². The molecule has 3 heterocycles. The second-order valence-corrected chi connectivity index (χ2v) is 4.85.